The van der Waals surface area contributed by atoms with Crippen molar-refractivity contribution < 1.29 is 0 Å². The van der Waals surface area contributed by atoms with Gasteiger partial charge in [0.15, 0.2) is 23.5 Å². The SMILES string of the molecule is Cc1ccc(/C2=C\[C+]=CC(c3ccc(C)cc3)NCCCCCCCCN/C(c3ccc(C)cc3)=C/[C+]=CC(c3ccc(C)cc3)NCCCCCCCCN2)cc1. The van der Waals surface area contributed by atoms with Gasteiger partial charge >= 0.3 is 0 Å². The summed E-state index contributed by atoms with van der Waals surface area (Å²) in [7, 11) is 0. The van der Waals surface area contributed by atoms with Gasteiger partial charge in [-0.15, -0.1) is 0 Å². The highest BCUT2D eigenvalue weighted by Crippen LogP contribution is 2.20. The second kappa shape index (κ2) is 25.5. The summed E-state index contributed by atoms with van der Waals surface area (Å²) < 4.78 is 0. The van der Waals surface area contributed by atoms with Crippen LogP contribution in [0.3, 0.4) is 0 Å². The third kappa shape index (κ3) is 16.2. The molecule has 0 aliphatic carbocycles. The Hall–Kier alpha value is -4.82. The number of allylic oxidation sites excluding steroid dienone is 4. The zero-order valence-electron chi connectivity index (χ0n) is 36.0. The van der Waals surface area contributed by atoms with Crippen molar-refractivity contribution in [2.45, 2.75) is 117 Å². The highest BCUT2D eigenvalue weighted by molar-refractivity contribution is 5.66. The van der Waals surface area contributed by atoms with Crippen LogP contribution in [-0.2, 0) is 0 Å². The van der Waals surface area contributed by atoms with Crippen LogP contribution < -0.4 is 21.3 Å². The number of nitrogens with one attached hydrogen (secondary N) is 4. The molecule has 58 heavy (non-hydrogen) atoms. The minimum Gasteiger partial charge on any atom is -0.310 e. The van der Waals surface area contributed by atoms with Crippen LogP contribution in [0.25, 0.3) is 11.4 Å². The Kier molecular flexibility index (Phi) is 19.5. The molecule has 304 valence electrons. The third-order valence-corrected chi connectivity index (χ3v) is 11.1. The lowest BCUT2D eigenvalue weighted by Crippen LogP contribution is -2.21. The first-order chi connectivity index (χ1) is 28.4. The maximum absolute atomic E-state index is 3.84. The third-order valence-electron chi connectivity index (χ3n) is 11.1. The highest BCUT2D eigenvalue weighted by Gasteiger charge is 2.14. The van der Waals surface area contributed by atoms with E-state index in [-0.39, 0.29) is 12.1 Å². The van der Waals surface area contributed by atoms with Crippen molar-refractivity contribution in [3.8, 4) is 0 Å². The molecule has 2 atom stereocenters. The Bertz CT molecular complexity index is 1710. The monoisotopic (exact) mass is 775 g/mol. The van der Waals surface area contributed by atoms with Gasteiger partial charge in [-0.05, 0) is 102 Å². The number of rotatable bonds is 4. The zero-order chi connectivity index (χ0) is 40.6. The molecule has 4 heteroatoms. The summed E-state index contributed by atoms with van der Waals surface area (Å²) in [5.41, 5.74) is 12.4. The molecule has 4 nitrogen and oxygen atoms in total. The van der Waals surface area contributed by atoms with E-state index >= 15 is 0 Å². The van der Waals surface area contributed by atoms with E-state index in [0.717, 1.165) is 50.4 Å². The molecule has 4 N–H and O–H groups in total. The molecule has 0 amide bonds. The predicted octanol–water partition coefficient (Wildman–Crippen LogP) is 12.6. The first kappa shape index (κ1) is 44.3. The maximum Gasteiger partial charge on any atom is 0.185 e. The van der Waals surface area contributed by atoms with E-state index in [1.54, 1.807) is 0 Å². The summed E-state index contributed by atoms with van der Waals surface area (Å²) in [6.45, 7) is 12.5. The summed E-state index contributed by atoms with van der Waals surface area (Å²) in [6, 6.07) is 35.8. The van der Waals surface area contributed by atoms with Crippen molar-refractivity contribution in [3.05, 3.63) is 178 Å². The van der Waals surface area contributed by atoms with Crippen molar-refractivity contribution in [2.24, 2.45) is 0 Å². The Morgan fingerprint density at radius 2 is 0.655 bits per heavy atom. The molecule has 0 saturated heterocycles. The number of hydrogen-bond acceptors (Lipinski definition) is 4. The second-order valence-corrected chi connectivity index (χ2v) is 16.3. The van der Waals surface area contributed by atoms with E-state index in [9.17, 15) is 0 Å². The smallest absolute Gasteiger partial charge is 0.185 e. The van der Waals surface area contributed by atoms with E-state index in [0.29, 0.717) is 0 Å². The van der Waals surface area contributed by atoms with Crippen LogP contribution in [0.4, 0.5) is 0 Å². The molecule has 2 unspecified atom stereocenters. The molecule has 0 saturated carbocycles. The largest absolute Gasteiger partial charge is 0.310 e. The normalized spacial score (nSPS) is 21.0. The summed E-state index contributed by atoms with van der Waals surface area (Å²) in [4.78, 5) is 0. The Balaban J connectivity index is 1.25. The summed E-state index contributed by atoms with van der Waals surface area (Å²) in [5, 5.41) is 15.2. The minimum absolute atomic E-state index is 0.120. The van der Waals surface area contributed by atoms with Crippen molar-refractivity contribution in [1.82, 2.24) is 21.3 Å². The topological polar surface area (TPSA) is 48.1 Å². The zero-order valence-corrected chi connectivity index (χ0v) is 36.0. The summed E-state index contributed by atoms with van der Waals surface area (Å²) >= 11 is 0. The van der Waals surface area contributed by atoms with Crippen molar-refractivity contribution >= 4 is 11.4 Å². The molecular weight excluding hydrogens is 705 g/mol. The Morgan fingerprint density at radius 3 is 1.00 bits per heavy atom. The van der Waals surface area contributed by atoms with E-state index in [1.165, 1.54) is 109 Å². The van der Waals surface area contributed by atoms with Crippen LogP contribution in [-0.4, -0.2) is 26.2 Å². The van der Waals surface area contributed by atoms with Crippen molar-refractivity contribution in [2.75, 3.05) is 26.2 Å². The molecular formula is C54H70N4+2. The van der Waals surface area contributed by atoms with Crippen LogP contribution in [0, 0.1) is 39.8 Å². The standard InChI is InChI=1S/C54H70N4/c1-43-23-31-47(32-24-43)51-19-17-20-52(48-33-25-44(2)26-34-48)56-40-14-11-7-8-12-16-42-58-54(50-37-29-46(4)30-38-50)22-18-21-53(49-35-27-45(3)28-36-49)57-41-15-10-6-5-9-13-39-55-51/h19-38,51,54-58H,5-16,39-42H2,1-4H3/q+2/b52-20+,53-21+. The van der Waals surface area contributed by atoms with Gasteiger partial charge in [0, 0.05) is 13.1 Å². The molecule has 0 radical (unpaired) electrons. The molecule has 1 aliphatic rings. The molecule has 1 aliphatic heterocycles. The Labute approximate surface area is 352 Å². The fourth-order valence-corrected chi connectivity index (χ4v) is 7.36. The van der Waals surface area contributed by atoms with Gasteiger partial charge in [0.25, 0.3) is 0 Å². The lowest BCUT2D eigenvalue weighted by molar-refractivity contribution is 0.543. The number of hydrogen-bond donors (Lipinski definition) is 4. The first-order valence-electron chi connectivity index (χ1n) is 22.3. The van der Waals surface area contributed by atoms with Crippen molar-refractivity contribution in [1.29, 1.82) is 0 Å². The number of benzene rings is 4. The lowest BCUT2D eigenvalue weighted by Gasteiger charge is -2.14. The van der Waals surface area contributed by atoms with Gasteiger partial charge in [0.05, 0.1) is 47.5 Å². The molecule has 0 fully saturated rings. The highest BCUT2D eigenvalue weighted by atomic mass is 14.9. The predicted molar refractivity (Wildman–Crippen MR) is 249 cm³/mol. The molecule has 1 heterocycles. The Morgan fingerprint density at radius 1 is 0.362 bits per heavy atom. The molecule has 4 aromatic carbocycles. The molecule has 0 aromatic heterocycles. The molecule has 4 aromatic rings. The average Bonchev–Trinajstić information content (AvgIpc) is 3.23. The molecule has 0 spiro atoms. The van der Waals surface area contributed by atoms with Crippen LogP contribution in [0.2, 0.25) is 0 Å². The summed E-state index contributed by atoms with van der Waals surface area (Å²) in [6.07, 6.45) is 30.5. The van der Waals surface area contributed by atoms with Gasteiger partial charge in [-0.1, -0.05) is 146 Å². The quantitative estimate of drug-likeness (QED) is 0.156. The van der Waals surface area contributed by atoms with Crippen molar-refractivity contribution in [3.63, 3.8) is 0 Å². The van der Waals surface area contributed by atoms with Gasteiger partial charge in [-0.3, -0.25) is 0 Å². The fourth-order valence-electron chi connectivity index (χ4n) is 7.36. The van der Waals surface area contributed by atoms with E-state index in [4.69, 9.17) is 0 Å². The van der Waals surface area contributed by atoms with Crippen LogP contribution in [0.5, 0.6) is 0 Å². The van der Waals surface area contributed by atoms with E-state index in [2.05, 4.69) is 182 Å². The fraction of sp³-hybridized carbons (Fsp3) is 0.407. The van der Waals surface area contributed by atoms with Crippen LogP contribution >= 0.6 is 0 Å². The van der Waals surface area contributed by atoms with Crippen LogP contribution in [0.15, 0.2) is 121 Å². The summed E-state index contributed by atoms with van der Waals surface area (Å²) in [5.74, 6) is 0. The lowest BCUT2D eigenvalue weighted by atomic mass is 10.0. The number of aryl methyl sites for hydroxylation is 4. The maximum atomic E-state index is 3.84. The minimum atomic E-state index is 0.120. The van der Waals surface area contributed by atoms with E-state index < -0.39 is 0 Å². The van der Waals surface area contributed by atoms with Gasteiger partial charge in [0.2, 0.25) is 0 Å². The van der Waals surface area contributed by atoms with Gasteiger partial charge in [-0.25, -0.2) is 0 Å². The van der Waals surface area contributed by atoms with Gasteiger partial charge < -0.3 is 21.3 Å². The molecule has 5 rings (SSSR count). The van der Waals surface area contributed by atoms with E-state index in [1.807, 2.05) is 0 Å². The first-order valence-corrected chi connectivity index (χ1v) is 22.3. The average molecular weight is 775 g/mol. The van der Waals surface area contributed by atoms with Gasteiger partial charge in [0.1, 0.15) is 0 Å². The van der Waals surface area contributed by atoms with Crippen LogP contribution in [0.1, 0.15) is 134 Å². The second-order valence-electron chi connectivity index (χ2n) is 16.3. The van der Waals surface area contributed by atoms with Gasteiger partial charge in [-0.2, -0.15) is 0 Å². The molecule has 0 bridgehead atoms.